The van der Waals surface area contributed by atoms with Crippen LogP contribution in [0.1, 0.15) is 0 Å². The van der Waals surface area contributed by atoms with Gasteiger partial charge >= 0.3 is 0 Å². The van der Waals surface area contributed by atoms with E-state index in [4.69, 9.17) is 0 Å². The predicted octanol–water partition coefficient (Wildman–Crippen LogP) is 3.55. The van der Waals surface area contributed by atoms with Crippen molar-refractivity contribution in [1.82, 2.24) is 4.98 Å². The van der Waals surface area contributed by atoms with E-state index in [1.165, 1.54) is 6.20 Å². The maximum atomic E-state index is 12.3. The second kappa shape index (κ2) is 5.99. The molecule has 3 aromatic rings. The first kappa shape index (κ1) is 14.3. The van der Waals surface area contributed by atoms with Gasteiger partial charge in [-0.15, -0.1) is 0 Å². The molecule has 0 saturated carbocycles. The third-order valence-corrected chi connectivity index (χ3v) is 4.55. The van der Waals surface area contributed by atoms with Crippen LogP contribution in [0, 0.1) is 0 Å². The van der Waals surface area contributed by atoms with Gasteiger partial charge in [0.25, 0.3) is 10.0 Å². The largest absolute Gasteiger partial charge is 0.263 e. The molecule has 0 saturated heterocycles. The summed E-state index contributed by atoms with van der Waals surface area (Å²) in [4.78, 5) is 4.17. The van der Waals surface area contributed by atoms with Crippen molar-refractivity contribution in [2.45, 2.75) is 4.90 Å². The zero-order chi connectivity index (χ0) is 15.4. The summed E-state index contributed by atoms with van der Waals surface area (Å²) in [7, 11) is -3.62. The van der Waals surface area contributed by atoms with E-state index in [1.54, 1.807) is 42.5 Å². The fourth-order valence-corrected chi connectivity index (χ4v) is 3.09. The predicted molar refractivity (Wildman–Crippen MR) is 86.9 cm³/mol. The summed E-state index contributed by atoms with van der Waals surface area (Å²) in [5, 5.41) is 0. The lowest BCUT2D eigenvalue weighted by molar-refractivity contribution is 0.601. The highest BCUT2D eigenvalue weighted by Crippen LogP contribution is 2.21. The van der Waals surface area contributed by atoms with Gasteiger partial charge in [-0.2, -0.15) is 0 Å². The summed E-state index contributed by atoms with van der Waals surface area (Å²) >= 11 is 0. The van der Waals surface area contributed by atoms with Crippen molar-refractivity contribution in [2.24, 2.45) is 0 Å². The highest BCUT2D eigenvalue weighted by molar-refractivity contribution is 7.92. The fraction of sp³-hybridized carbons (Fsp3) is 0. The summed E-state index contributed by atoms with van der Waals surface area (Å²) < 4.78 is 27.1. The number of pyridine rings is 1. The van der Waals surface area contributed by atoms with Crippen LogP contribution >= 0.6 is 0 Å². The standard InChI is InChI=1S/C17H14N2O2S/c20-22(21,19-17-8-4-5-13-18-17)16-11-9-15(10-12-16)14-6-2-1-3-7-14/h1-13H,(H,18,19). The molecule has 22 heavy (non-hydrogen) atoms. The van der Waals surface area contributed by atoms with Crippen LogP contribution in [0.15, 0.2) is 83.9 Å². The molecule has 2 aromatic carbocycles. The van der Waals surface area contributed by atoms with Crippen LogP contribution < -0.4 is 4.72 Å². The van der Waals surface area contributed by atoms with Crippen LogP contribution in [-0.4, -0.2) is 13.4 Å². The average molecular weight is 310 g/mol. The first-order valence-corrected chi connectivity index (χ1v) is 8.23. The molecule has 0 aliphatic carbocycles. The van der Waals surface area contributed by atoms with Crippen molar-refractivity contribution in [3.63, 3.8) is 0 Å². The smallest absolute Gasteiger partial charge is 0.263 e. The van der Waals surface area contributed by atoms with Crippen LogP contribution in [0.4, 0.5) is 5.82 Å². The monoisotopic (exact) mass is 310 g/mol. The lowest BCUT2D eigenvalue weighted by Gasteiger charge is -2.08. The molecule has 0 bridgehead atoms. The number of aromatic nitrogens is 1. The molecule has 0 fully saturated rings. The summed E-state index contributed by atoms with van der Waals surface area (Å²) in [5.41, 5.74) is 2.02. The molecule has 1 aromatic heterocycles. The second-order valence-electron chi connectivity index (χ2n) is 4.71. The molecule has 5 heteroatoms. The van der Waals surface area contributed by atoms with E-state index < -0.39 is 10.0 Å². The number of nitrogens with zero attached hydrogens (tertiary/aromatic N) is 1. The lowest BCUT2D eigenvalue weighted by atomic mass is 10.1. The molecular formula is C17H14N2O2S. The Labute approximate surface area is 129 Å². The van der Waals surface area contributed by atoms with E-state index in [0.29, 0.717) is 5.82 Å². The Kier molecular flexibility index (Phi) is 3.89. The van der Waals surface area contributed by atoms with Gasteiger partial charge in [0.1, 0.15) is 5.82 Å². The third kappa shape index (κ3) is 3.15. The van der Waals surface area contributed by atoms with Crippen molar-refractivity contribution in [1.29, 1.82) is 0 Å². The van der Waals surface area contributed by atoms with Gasteiger partial charge in [-0.25, -0.2) is 13.4 Å². The first-order chi connectivity index (χ1) is 10.6. The van der Waals surface area contributed by atoms with Gasteiger partial charge < -0.3 is 0 Å². The first-order valence-electron chi connectivity index (χ1n) is 6.74. The van der Waals surface area contributed by atoms with Crippen molar-refractivity contribution >= 4 is 15.8 Å². The van der Waals surface area contributed by atoms with Gasteiger partial charge in [-0.3, -0.25) is 4.72 Å². The average Bonchev–Trinajstić information content (AvgIpc) is 2.56. The summed E-state index contributed by atoms with van der Waals surface area (Å²) in [6.07, 6.45) is 1.54. The van der Waals surface area contributed by atoms with Crippen molar-refractivity contribution < 1.29 is 8.42 Å². The molecule has 0 unspecified atom stereocenters. The Morgan fingerprint density at radius 1 is 0.727 bits per heavy atom. The second-order valence-corrected chi connectivity index (χ2v) is 6.39. The maximum absolute atomic E-state index is 12.3. The zero-order valence-corrected chi connectivity index (χ0v) is 12.5. The minimum Gasteiger partial charge on any atom is -0.263 e. The lowest BCUT2D eigenvalue weighted by Crippen LogP contribution is -2.13. The Morgan fingerprint density at radius 3 is 2.00 bits per heavy atom. The molecule has 4 nitrogen and oxygen atoms in total. The van der Waals surface area contributed by atoms with Gasteiger partial charge in [-0.1, -0.05) is 48.5 Å². The van der Waals surface area contributed by atoms with Crippen LogP contribution in [0.5, 0.6) is 0 Å². The fourth-order valence-electron chi connectivity index (χ4n) is 2.08. The summed E-state index contributed by atoms with van der Waals surface area (Å²) in [6, 6.07) is 21.6. The van der Waals surface area contributed by atoms with E-state index >= 15 is 0 Å². The molecule has 1 N–H and O–H groups in total. The number of anilines is 1. The molecule has 110 valence electrons. The van der Waals surface area contributed by atoms with Crippen LogP contribution in [-0.2, 0) is 10.0 Å². The van der Waals surface area contributed by atoms with E-state index in [1.807, 2.05) is 30.3 Å². The molecule has 0 radical (unpaired) electrons. The van der Waals surface area contributed by atoms with E-state index in [9.17, 15) is 8.42 Å². The molecular weight excluding hydrogens is 296 g/mol. The number of hydrogen-bond donors (Lipinski definition) is 1. The van der Waals surface area contributed by atoms with Crippen molar-refractivity contribution in [3.8, 4) is 11.1 Å². The Morgan fingerprint density at radius 2 is 1.36 bits per heavy atom. The van der Waals surface area contributed by atoms with E-state index in [2.05, 4.69) is 9.71 Å². The molecule has 3 rings (SSSR count). The molecule has 1 heterocycles. The molecule has 0 aliphatic rings. The number of rotatable bonds is 4. The van der Waals surface area contributed by atoms with Crippen LogP contribution in [0.2, 0.25) is 0 Å². The summed E-state index contributed by atoms with van der Waals surface area (Å²) in [6.45, 7) is 0. The maximum Gasteiger partial charge on any atom is 0.263 e. The minimum atomic E-state index is -3.62. The molecule has 0 atom stereocenters. The number of benzene rings is 2. The van der Waals surface area contributed by atoms with Crippen LogP contribution in [0.3, 0.4) is 0 Å². The SMILES string of the molecule is O=S(=O)(Nc1ccccn1)c1ccc(-c2ccccc2)cc1. The van der Waals surface area contributed by atoms with Crippen molar-refractivity contribution in [2.75, 3.05) is 4.72 Å². The third-order valence-electron chi connectivity index (χ3n) is 3.18. The molecule has 0 spiro atoms. The van der Waals surface area contributed by atoms with Gasteiger partial charge in [0.2, 0.25) is 0 Å². The molecule has 0 aliphatic heterocycles. The van der Waals surface area contributed by atoms with Gasteiger partial charge in [0.15, 0.2) is 0 Å². The zero-order valence-electron chi connectivity index (χ0n) is 11.7. The topological polar surface area (TPSA) is 59.1 Å². The minimum absolute atomic E-state index is 0.206. The quantitative estimate of drug-likeness (QED) is 0.801. The van der Waals surface area contributed by atoms with Gasteiger partial charge in [0, 0.05) is 6.20 Å². The summed E-state index contributed by atoms with van der Waals surface area (Å²) in [5.74, 6) is 0.301. The molecule has 0 amide bonds. The van der Waals surface area contributed by atoms with Gasteiger partial charge in [0.05, 0.1) is 4.90 Å². The number of nitrogens with one attached hydrogen (secondary N) is 1. The van der Waals surface area contributed by atoms with Crippen LogP contribution in [0.25, 0.3) is 11.1 Å². The Bertz CT molecular complexity index is 846. The highest BCUT2D eigenvalue weighted by Gasteiger charge is 2.14. The van der Waals surface area contributed by atoms with E-state index in [0.717, 1.165) is 11.1 Å². The Balaban J connectivity index is 1.86. The highest BCUT2D eigenvalue weighted by atomic mass is 32.2. The van der Waals surface area contributed by atoms with Gasteiger partial charge in [-0.05, 0) is 35.4 Å². The number of sulfonamides is 1. The normalized spacial score (nSPS) is 11.1. The van der Waals surface area contributed by atoms with E-state index in [-0.39, 0.29) is 4.90 Å². The Hall–Kier alpha value is -2.66. The number of hydrogen-bond acceptors (Lipinski definition) is 3. The van der Waals surface area contributed by atoms with Crippen molar-refractivity contribution in [3.05, 3.63) is 79.0 Å².